The molecule has 0 saturated heterocycles. The molecule has 0 saturated carbocycles. The molecular weight excluding hydrogens is 434 g/mol. The van der Waals surface area contributed by atoms with Gasteiger partial charge in [0.05, 0.1) is 11.3 Å². The number of fused-ring (bicyclic) bond motifs is 1. The van der Waals surface area contributed by atoms with Gasteiger partial charge in [0.1, 0.15) is 11.1 Å². The normalized spacial score (nSPS) is 13.2. The summed E-state index contributed by atoms with van der Waals surface area (Å²) in [5.41, 5.74) is 3.93. The molecule has 1 amide bonds. The zero-order valence-corrected chi connectivity index (χ0v) is 19.0. The van der Waals surface area contributed by atoms with Crippen LogP contribution < -0.4 is 10.6 Å². The zero-order valence-electron chi connectivity index (χ0n) is 16.5. The predicted molar refractivity (Wildman–Crippen MR) is 124 cm³/mol. The molecule has 2 N–H and O–H groups in total. The number of nitrogens with one attached hydrogen (secondary N) is 2. The number of carbonyl (C=O) groups is 1. The van der Waals surface area contributed by atoms with Gasteiger partial charge in [-0.3, -0.25) is 4.79 Å². The summed E-state index contributed by atoms with van der Waals surface area (Å²) in [6.07, 6.45) is 5.39. The molecule has 1 aliphatic carbocycles. The van der Waals surface area contributed by atoms with Crippen LogP contribution in [0.3, 0.4) is 0 Å². The summed E-state index contributed by atoms with van der Waals surface area (Å²) in [6.45, 7) is 2.04. The van der Waals surface area contributed by atoms with Crippen LogP contribution in [0.1, 0.15) is 40.8 Å². The maximum atomic E-state index is 12.5. The largest absolute Gasteiger partial charge is 0.330 e. The van der Waals surface area contributed by atoms with Crippen molar-refractivity contribution in [1.29, 1.82) is 5.26 Å². The quantitative estimate of drug-likeness (QED) is 0.375. The van der Waals surface area contributed by atoms with E-state index in [0.29, 0.717) is 15.7 Å². The Morgan fingerprint density at radius 1 is 1.17 bits per heavy atom. The zero-order chi connectivity index (χ0) is 20.9. The second-order valence-corrected chi connectivity index (χ2v) is 10.4. The number of amides is 1. The summed E-state index contributed by atoms with van der Waals surface area (Å²) in [6, 6.07) is 10.3. The third kappa shape index (κ3) is 5.01. The monoisotopic (exact) mass is 455 g/mol. The molecule has 30 heavy (non-hydrogen) atoms. The second-order valence-electron chi connectivity index (χ2n) is 7.08. The van der Waals surface area contributed by atoms with Crippen molar-refractivity contribution in [3.8, 4) is 6.07 Å². The Morgan fingerprint density at radius 2 is 1.97 bits per heavy atom. The summed E-state index contributed by atoms with van der Waals surface area (Å²) in [5.74, 6) is 0.100. The highest BCUT2D eigenvalue weighted by Gasteiger charge is 2.21. The average Bonchev–Trinajstić information content (AvgIpc) is 3.24. The minimum atomic E-state index is -0.129. The van der Waals surface area contributed by atoms with Gasteiger partial charge in [0.2, 0.25) is 11.0 Å². The Kier molecular flexibility index (Phi) is 6.67. The predicted octanol–water partition coefficient (Wildman–Crippen LogP) is 5.52. The highest BCUT2D eigenvalue weighted by atomic mass is 32.2. The number of nitriles is 1. The van der Waals surface area contributed by atoms with Crippen molar-refractivity contribution >= 4 is 56.2 Å². The highest BCUT2D eigenvalue weighted by Crippen LogP contribution is 2.37. The van der Waals surface area contributed by atoms with Crippen molar-refractivity contribution < 1.29 is 4.79 Å². The van der Waals surface area contributed by atoms with E-state index in [4.69, 9.17) is 0 Å². The van der Waals surface area contributed by atoms with E-state index in [1.54, 1.807) is 11.3 Å². The van der Waals surface area contributed by atoms with Crippen molar-refractivity contribution in [3.63, 3.8) is 0 Å². The van der Waals surface area contributed by atoms with Gasteiger partial charge in [-0.25, -0.2) is 0 Å². The molecule has 0 aliphatic heterocycles. The lowest BCUT2D eigenvalue weighted by molar-refractivity contribution is -0.113. The van der Waals surface area contributed by atoms with Crippen LogP contribution >= 0.6 is 34.4 Å². The van der Waals surface area contributed by atoms with Crippen LogP contribution in [0.25, 0.3) is 0 Å². The van der Waals surface area contributed by atoms with Gasteiger partial charge in [-0.15, -0.1) is 21.5 Å². The average molecular weight is 456 g/mol. The molecule has 1 aromatic carbocycles. The van der Waals surface area contributed by atoms with Crippen LogP contribution in [0.2, 0.25) is 0 Å². The minimum Gasteiger partial charge on any atom is -0.330 e. The number of aryl methyl sites for hydroxylation is 2. The van der Waals surface area contributed by atoms with E-state index in [1.807, 2.05) is 31.2 Å². The van der Waals surface area contributed by atoms with Crippen molar-refractivity contribution in [2.75, 3.05) is 16.4 Å². The number of hydrogen-bond donors (Lipinski definition) is 2. The molecule has 0 spiro atoms. The van der Waals surface area contributed by atoms with E-state index >= 15 is 0 Å². The molecule has 0 atom stereocenters. The Hall–Kier alpha value is -2.41. The van der Waals surface area contributed by atoms with Crippen molar-refractivity contribution in [1.82, 2.24) is 10.2 Å². The van der Waals surface area contributed by atoms with E-state index in [1.165, 1.54) is 40.0 Å². The maximum absolute atomic E-state index is 12.5. The van der Waals surface area contributed by atoms with Crippen LogP contribution in [-0.2, 0) is 17.6 Å². The molecule has 1 aliphatic rings. The standard InChI is InChI=1S/C21H21N5OS3/c1-13-7-9-14(10-8-13)23-20-25-26-21(30-20)28-12-18(27)24-19-16(11-22)15-5-3-2-4-6-17(15)29-19/h7-10H,2-6,12H2,1H3,(H,23,25)(H,24,27). The van der Waals surface area contributed by atoms with Crippen LogP contribution in [0.5, 0.6) is 0 Å². The second kappa shape index (κ2) is 9.60. The van der Waals surface area contributed by atoms with E-state index in [-0.39, 0.29) is 11.7 Å². The fourth-order valence-corrected chi connectivity index (χ4v) is 6.15. The van der Waals surface area contributed by atoms with Crippen LogP contribution in [-0.4, -0.2) is 21.9 Å². The number of thiophene rings is 1. The molecular formula is C21H21N5OS3. The van der Waals surface area contributed by atoms with Gasteiger partial charge in [-0.2, -0.15) is 5.26 Å². The maximum Gasteiger partial charge on any atom is 0.235 e. The lowest BCUT2D eigenvalue weighted by Gasteiger charge is -2.03. The summed E-state index contributed by atoms with van der Waals surface area (Å²) >= 11 is 4.32. The number of thioether (sulfide) groups is 1. The highest BCUT2D eigenvalue weighted by molar-refractivity contribution is 8.01. The van der Waals surface area contributed by atoms with E-state index in [9.17, 15) is 10.1 Å². The van der Waals surface area contributed by atoms with Gasteiger partial charge < -0.3 is 10.6 Å². The van der Waals surface area contributed by atoms with Crippen LogP contribution in [0.15, 0.2) is 28.6 Å². The van der Waals surface area contributed by atoms with Gasteiger partial charge in [-0.05, 0) is 50.3 Å². The molecule has 2 heterocycles. The fourth-order valence-electron chi connectivity index (χ4n) is 3.32. The summed E-state index contributed by atoms with van der Waals surface area (Å²) < 4.78 is 0.724. The number of hydrogen-bond acceptors (Lipinski definition) is 8. The molecule has 0 fully saturated rings. The fraction of sp³-hybridized carbons (Fsp3) is 0.333. The van der Waals surface area contributed by atoms with Crippen LogP contribution in [0.4, 0.5) is 15.8 Å². The van der Waals surface area contributed by atoms with Gasteiger partial charge in [-0.1, -0.05) is 47.2 Å². The first-order chi connectivity index (χ1) is 14.6. The SMILES string of the molecule is Cc1ccc(Nc2nnc(SCC(=O)Nc3sc4c(c3C#N)CCCCC4)s2)cc1. The molecule has 0 radical (unpaired) electrons. The van der Waals surface area contributed by atoms with Gasteiger partial charge >= 0.3 is 0 Å². The third-order valence-electron chi connectivity index (χ3n) is 4.82. The molecule has 9 heteroatoms. The number of anilines is 3. The van der Waals surface area contributed by atoms with Crippen molar-refractivity contribution in [3.05, 3.63) is 45.8 Å². The topological polar surface area (TPSA) is 90.7 Å². The van der Waals surface area contributed by atoms with Gasteiger partial charge in [0.25, 0.3) is 0 Å². The van der Waals surface area contributed by atoms with E-state index in [2.05, 4.69) is 26.9 Å². The first-order valence-electron chi connectivity index (χ1n) is 9.77. The third-order valence-corrected chi connectivity index (χ3v) is 8.00. The van der Waals surface area contributed by atoms with Crippen molar-refractivity contribution in [2.45, 2.75) is 43.4 Å². The summed E-state index contributed by atoms with van der Waals surface area (Å²) in [5, 5.41) is 25.4. The van der Waals surface area contributed by atoms with Gasteiger partial charge in [0.15, 0.2) is 4.34 Å². The van der Waals surface area contributed by atoms with Crippen molar-refractivity contribution in [2.24, 2.45) is 0 Å². The Morgan fingerprint density at radius 3 is 2.77 bits per heavy atom. The molecule has 0 unspecified atom stereocenters. The Bertz CT molecular complexity index is 1080. The molecule has 6 nitrogen and oxygen atoms in total. The molecule has 2 aromatic heterocycles. The Labute approximate surface area is 187 Å². The van der Waals surface area contributed by atoms with E-state index < -0.39 is 0 Å². The summed E-state index contributed by atoms with van der Waals surface area (Å²) in [7, 11) is 0. The number of aromatic nitrogens is 2. The number of rotatable bonds is 6. The minimum absolute atomic E-state index is 0.129. The smallest absolute Gasteiger partial charge is 0.235 e. The molecule has 3 aromatic rings. The molecule has 4 rings (SSSR count). The lowest BCUT2D eigenvalue weighted by atomic mass is 10.1. The number of benzene rings is 1. The first-order valence-corrected chi connectivity index (χ1v) is 12.4. The lowest BCUT2D eigenvalue weighted by Crippen LogP contribution is -2.13. The Balaban J connectivity index is 1.34. The number of nitrogens with zero attached hydrogens (tertiary/aromatic N) is 3. The molecule has 154 valence electrons. The number of carbonyl (C=O) groups excluding carboxylic acids is 1. The van der Waals surface area contributed by atoms with Gasteiger partial charge in [0, 0.05) is 10.6 Å². The summed E-state index contributed by atoms with van der Waals surface area (Å²) in [4.78, 5) is 13.7. The molecule has 0 bridgehead atoms. The first kappa shape index (κ1) is 20.8. The van der Waals surface area contributed by atoms with Crippen LogP contribution in [0, 0.1) is 18.3 Å². The van der Waals surface area contributed by atoms with E-state index in [0.717, 1.165) is 41.3 Å².